The van der Waals surface area contributed by atoms with E-state index in [0.717, 1.165) is 31.5 Å². The van der Waals surface area contributed by atoms with Crippen molar-refractivity contribution in [3.63, 3.8) is 0 Å². The topological polar surface area (TPSA) is 78.5 Å². The first-order valence-electron chi connectivity index (χ1n) is 9.69. The minimum Gasteiger partial charge on any atom is -0.345 e. The van der Waals surface area contributed by atoms with E-state index in [-0.39, 0.29) is 24.3 Å². The van der Waals surface area contributed by atoms with Gasteiger partial charge in [-0.1, -0.05) is 41.9 Å². The summed E-state index contributed by atoms with van der Waals surface area (Å²) in [5.41, 5.74) is 1.32. The molecule has 2 N–H and O–H groups in total. The van der Waals surface area contributed by atoms with E-state index in [2.05, 4.69) is 10.6 Å². The normalized spacial score (nSPS) is 14.3. The van der Waals surface area contributed by atoms with Crippen LogP contribution >= 0.6 is 11.6 Å². The number of likely N-dealkylation sites (tertiary alicyclic amines) is 1. The van der Waals surface area contributed by atoms with E-state index in [1.807, 2.05) is 30.3 Å². The SMILES string of the molecule is O=C(NC(Cc1ccccc1)C(=O)NCC(=O)N1CCCC1)c1ccc(Cl)cc1. The number of halogens is 1. The van der Waals surface area contributed by atoms with E-state index < -0.39 is 6.04 Å². The molecule has 2 aromatic rings. The Morgan fingerprint density at radius 1 is 0.966 bits per heavy atom. The van der Waals surface area contributed by atoms with E-state index in [0.29, 0.717) is 17.0 Å². The van der Waals surface area contributed by atoms with E-state index in [1.54, 1.807) is 29.2 Å². The van der Waals surface area contributed by atoms with Crippen molar-refractivity contribution >= 4 is 29.3 Å². The van der Waals surface area contributed by atoms with Crippen LogP contribution in [0.15, 0.2) is 54.6 Å². The quantitative estimate of drug-likeness (QED) is 0.731. The van der Waals surface area contributed by atoms with Crippen molar-refractivity contribution in [1.29, 1.82) is 0 Å². The molecule has 3 amide bonds. The fourth-order valence-corrected chi connectivity index (χ4v) is 3.39. The highest BCUT2D eigenvalue weighted by Crippen LogP contribution is 2.11. The number of nitrogens with zero attached hydrogens (tertiary/aromatic N) is 1. The highest BCUT2D eigenvalue weighted by molar-refractivity contribution is 6.30. The molecule has 0 spiro atoms. The molecule has 0 radical (unpaired) electrons. The molecule has 0 aliphatic carbocycles. The van der Waals surface area contributed by atoms with Gasteiger partial charge in [0.25, 0.3) is 5.91 Å². The lowest BCUT2D eigenvalue weighted by atomic mass is 10.0. The second kappa shape index (κ2) is 10.1. The largest absolute Gasteiger partial charge is 0.345 e. The number of amides is 3. The van der Waals surface area contributed by atoms with Crippen LogP contribution < -0.4 is 10.6 Å². The highest BCUT2D eigenvalue weighted by Gasteiger charge is 2.24. The van der Waals surface area contributed by atoms with Crippen LogP contribution in [-0.2, 0) is 16.0 Å². The van der Waals surface area contributed by atoms with Gasteiger partial charge in [0.05, 0.1) is 6.54 Å². The van der Waals surface area contributed by atoms with Crippen molar-refractivity contribution in [3.05, 3.63) is 70.7 Å². The molecule has 2 aromatic carbocycles. The van der Waals surface area contributed by atoms with Crippen molar-refractivity contribution in [3.8, 4) is 0 Å². The van der Waals surface area contributed by atoms with Gasteiger partial charge in [-0.3, -0.25) is 14.4 Å². The third-order valence-electron chi connectivity index (χ3n) is 4.88. The standard InChI is InChI=1S/C22H24ClN3O3/c23-18-10-8-17(9-11-18)21(28)25-19(14-16-6-2-1-3-7-16)22(29)24-15-20(27)26-12-4-5-13-26/h1-3,6-11,19H,4-5,12-15H2,(H,24,29)(H,25,28). The number of hydrogen-bond acceptors (Lipinski definition) is 3. The molecule has 0 saturated carbocycles. The van der Waals surface area contributed by atoms with Gasteiger partial charge in [-0.15, -0.1) is 0 Å². The zero-order chi connectivity index (χ0) is 20.6. The van der Waals surface area contributed by atoms with Crippen LogP contribution in [0.4, 0.5) is 0 Å². The van der Waals surface area contributed by atoms with E-state index in [1.165, 1.54) is 0 Å². The zero-order valence-electron chi connectivity index (χ0n) is 16.1. The molecular formula is C22H24ClN3O3. The van der Waals surface area contributed by atoms with Crippen molar-refractivity contribution in [2.75, 3.05) is 19.6 Å². The molecule has 1 heterocycles. The Hall–Kier alpha value is -2.86. The number of carbonyl (C=O) groups excluding carboxylic acids is 3. The van der Waals surface area contributed by atoms with E-state index >= 15 is 0 Å². The van der Waals surface area contributed by atoms with Gasteiger partial charge in [-0.2, -0.15) is 0 Å². The maximum Gasteiger partial charge on any atom is 0.251 e. The molecule has 29 heavy (non-hydrogen) atoms. The Morgan fingerprint density at radius 2 is 1.62 bits per heavy atom. The van der Waals surface area contributed by atoms with E-state index in [4.69, 9.17) is 11.6 Å². The molecule has 1 fully saturated rings. The predicted molar refractivity (Wildman–Crippen MR) is 112 cm³/mol. The van der Waals surface area contributed by atoms with Crippen LogP contribution in [0.3, 0.4) is 0 Å². The Bertz CT molecular complexity index is 849. The van der Waals surface area contributed by atoms with Gasteiger partial charge in [-0.25, -0.2) is 0 Å². The molecule has 152 valence electrons. The number of rotatable bonds is 7. The molecule has 1 atom stereocenters. The van der Waals surface area contributed by atoms with Gasteiger partial charge in [0, 0.05) is 30.1 Å². The van der Waals surface area contributed by atoms with Crippen molar-refractivity contribution in [2.24, 2.45) is 0 Å². The van der Waals surface area contributed by atoms with Gasteiger partial charge >= 0.3 is 0 Å². The third-order valence-corrected chi connectivity index (χ3v) is 5.14. The average molecular weight is 414 g/mol. The number of hydrogen-bond donors (Lipinski definition) is 2. The lowest BCUT2D eigenvalue weighted by molar-refractivity contribution is -0.132. The molecule has 7 heteroatoms. The van der Waals surface area contributed by atoms with Crippen LogP contribution in [0, 0.1) is 0 Å². The van der Waals surface area contributed by atoms with Crippen LogP contribution in [0.25, 0.3) is 0 Å². The molecule has 1 aliphatic heterocycles. The predicted octanol–water partition coefficient (Wildman–Crippen LogP) is 2.42. The first-order chi connectivity index (χ1) is 14.0. The molecule has 0 bridgehead atoms. The highest BCUT2D eigenvalue weighted by atomic mass is 35.5. The van der Waals surface area contributed by atoms with Crippen LogP contribution in [0.2, 0.25) is 5.02 Å². The Labute approximate surface area is 175 Å². The number of nitrogens with one attached hydrogen (secondary N) is 2. The fourth-order valence-electron chi connectivity index (χ4n) is 3.27. The summed E-state index contributed by atoms with van der Waals surface area (Å²) in [6, 6.07) is 15.1. The van der Waals surface area contributed by atoms with Gasteiger partial charge in [0.15, 0.2) is 0 Å². The summed E-state index contributed by atoms with van der Waals surface area (Å²) in [7, 11) is 0. The Balaban J connectivity index is 1.66. The van der Waals surface area contributed by atoms with Crippen molar-refractivity contribution in [1.82, 2.24) is 15.5 Å². The molecule has 6 nitrogen and oxygen atoms in total. The molecule has 0 aromatic heterocycles. The number of benzene rings is 2. The Morgan fingerprint density at radius 3 is 2.28 bits per heavy atom. The summed E-state index contributed by atoms with van der Waals surface area (Å²) >= 11 is 5.87. The maximum atomic E-state index is 12.8. The van der Waals surface area contributed by atoms with Crippen molar-refractivity contribution < 1.29 is 14.4 Å². The summed E-state index contributed by atoms with van der Waals surface area (Å²) in [5.74, 6) is -0.856. The summed E-state index contributed by atoms with van der Waals surface area (Å²) in [5, 5.41) is 5.98. The monoisotopic (exact) mass is 413 g/mol. The van der Waals surface area contributed by atoms with Gasteiger partial charge in [0.1, 0.15) is 6.04 Å². The second-order valence-corrected chi connectivity index (χ2v) is 7.46. The minimum atomic E-state index is -0.799. The van der Waals surface area contributed by atoms with Gasteiger partial charge < -0.3 is 15.5 Å². The third kappa shape index (κ3) is 6.06. The van der Waals surface area contributed by atoms with Gasteiger partial charge in [-0.05, 0) is 42.7 Å². The lowest BCUT2D eigenvalue weighted by Crippen LogP contribution is -2.50. The summed E-state index contributed by atoms with van der Waals surface area (Å²) in [4.78, 5) is 39.3. The smallest absolute Gasteiger partial charge is 0.251 e. The molecule has 1 saturated heterocycles. The van der Waals surface area contributed by atoms with Crippen LogP contribution in [0.1, 0.15) is 28.8 Å². The first kappa shape index (κ1) is 20.9. The average Bonchev–Trinajstić information content (AvgIpc) is 3.27. The number of carbonyl (C=O) groups is 3. The lowest BCUT2D eigenvalue weighted by Gasteiger charge is -2.20. The summed E-state index contributed by atoms with van der Waals surface area (Å²) in [6.07, 6.45) is 2.31. The second-order valence-electron chi connectivity index (χ2n) is 7.03. The summed E-state index contributed by atoms with van der Waals surface area (Å²) < 4.78 is 0. The summed E-state index contributed by atoms with van der Waals surface area (Å²) in [6.45, 7) is 1.39. The minimum absolute atomic E-state index is 0.0685. The fraction of sp³-hybridized carbons (Fsp3) is 0.318. The molecule has 1 unspecified atom stereocenters. The Kier molecular flexibility index (Phi) is 7.25. The molecule has 3 rings (SSSR count). The molecule has 1 aliphatic rings. The zero-order valence-corrected chi connectivity index (χ0v) is 16.8. The first-order valence-corrected chi connectivity index (χ1v) is 10.1. The van der Waals surface area contributed by atoms with Crippen LogP contribution in [-0.4, -0.2) is 48.3 Å². The van der Waals surface area contributed by atoms with Crippen molar-refractivity contribution in [2.45, 2.75) is 25.3 Å². The van der Waals surface area contributed by atoms with Crippen LogP contribution in [0.5, 0.6) is 0 Å². The molecular weight excluding hydrogens is 390 g/mol. The van der Waals surface area contributed by atoms with E-state index in [9.17, 15) is 14.4 Å². The maximum absolute atomic E-state index is 12.8. The van der Waals surface area contributed by atoms with Gasteiger partial charge in [0.2, 0.25) is 11.8 Å².